The van der Waals surface area contributed by atoms with Gasteiger partial charge in [-0.2, -0.15) is 11.8 Å². The third kappa shape index (κ3) is 10.2. The number of thioether (sulfide) groups is 1. The summed E-state index contributed by atoms with van der Waals surface area (Å²) in [4.78, 5) is 0. The number of rotatable bonds is 9. The largest absolute Gasteiger partial charge is 0.317 e. The molecule has 0 spiro atoms. The molecule has 1 N–H and O–H groups in total. The summed E-state index contributed by atoms with van der Waals surface area (Å²) in [6.45, 7) is 9.19. The van der Waals surface area contributed by atoms with Gasteiger partial charge in [0.1, 0.15) is 0 Å². The molecule has 0 bridgehead atoms. The van der Waals surface area contributed by atoms with Crippen molar-refractivity contribution >= 4 is 11.8 Å². The standard InChI is InChI=1S/C11H25NS/c1-4-8-12-9-6-11(3)7-10-13-5-2/h11-12H,4-10H2,1-3H3. The Hall–Kier alpha value is 0.310. The lowest BCUT2D eigenvalue weighted by molar-refractivity contribution is 0.491. The molecule has 13 heavy (non-hydrogen) atoms. The lowest BCUT2D eigenvalue weighted by atomic mass is 10.1. The summed E-state index contributed by atoms with van der Waals surface area (Å²) in [6, 6.07) is 0. The highest BCUT2D eigenvalue weighted by atomic mass is 32.2. The first-order valence-corrected chi connectivity index (χ1v) is 6.75. The Bertz CT molecular complexity index is 96.1. The topological polar surface area (TPSA) is 12.0 Å². The highest BCUT2D eigenvalue weighted by Gasteiger charge is 2.00. The summed E-state index contributed by atoms with van der Waals surface area (Å²) >= 11 is 2.06. The zero-order valence-corrected chi connectivity index (χ0v) is 10.3. The van der Waals surface area contributed by atoms with Crippen LogP contribution >= 0.6 is 11.8 Å². The molecule has 80 valence electrons. The molecule has 0 fully saturated rings. The van der Waals surface area contributed by atoms with Crippen LogP contribution in [0, 0.1) is 5.92 Å². The van der Waals surface area contributed by atoms with Crippen LogP contribution in [0.25, 0.3) is 0 Å². The monoisotopic (exact) mass is 203 g/mol. The van der Waals surface area contributed by atoms with E-state index in [1.165, 1.54) is 43.9 Å². The lowest BCUT2D eigenvalue weighted by Crippen LogP contribution is -2.18. The summed E-state index contributed by atoms with van der Waals surface area (Å²) in [6.07, 6.45) is 3.97. The molecule has 0 aliphatic carbocycles. The van der Waals surface area contributed by atoms with Gasteiger partial charge >= 0.3 is 0 Å². The molecule has 1 atom stereocenters. The van der Waals surface area contributed by atoms with E-state index in [1.54, 1.807) is 0 Å². The minimum absolute atomic E-state index is 0.892. The maximum atomic E-state index is 3.45. The van der Waals surface area contributed by atoms with Crippen LogP contribution < -0.4 is 5.32 Å². The molecule has 0 rings (SSSR count). The van der Waals surface area contributed by atoms with Gasteiger partial charge in [-0.1, -0.05) is 20.8 Å². The molecule has 0 radical (unpaired) electrons. The third-order valence-electron chi connectivity index (χ3n) is 2.20. The van der Waals surface area contributed by atoms with Crippen molar-refractivity contribution in [1.82, 2.24) is 5.32 Å². The van der Waals surface area contributed by atoms with Crippen molar-refractivity contribution in [3.8, 4) is 0 Å². The van der Waals surface area contributed by atoms with E-state index in [1.807, 2.05) is 0 Å². The molecule has 0 aliphatic rings. The minimum Gasteiger partial charge on any atom is -0.317 e. The molecule has 2 heteroatoms. The second-order valence-electron chi connectivity index (χ2n) is 3.63. The smallest absolute Gasteiger partial charge is 0.00464 e. The Balaban J connectivity index is 3.05. The normalized spacial score (nSPS) is 13.2. The maximum Gasteiger partial charge on any atom is -0.00464 e. The SMILES string of the molecule is CCCNCCC(C)CCSCC. The van der Waals surface area contributed by atoms with Gasteiger partial charge in [-0.25, -0.2) is 0 Å². The average Bonchev–Trinajstić information content (AvgIpc) is 2.13. The molecule has 1 unspecified atom stereocenters. The van der Waals surface area contributed by atoms with E-state index in [9.17, 15) is 0 Å². The number of hydrogen-bond donors (Lipinski definition) is 1. The van der Waals surface area contributed by atoms with Gasteiger partial charge < -0.3 is 5.32 Å². The molecule has 0 saturated heterocycles. The quantitative estimate of drug-likeness (QED) is 0.578. The van der Waals surface area contributed by atoms with Crippen LogP contribution in [0.2, 0.25) is 0 Å². The van der Waals surface area contributed by atoms with E-state index in [2.05, 4.69) is 37.8 Å². The lowest BCUT2D eigenvalue weighted by Gasteiger charge is -2.10. The van der Waals surface area contributed by atoms with Crippen LogP contribution in [0.5, 0.6) is 0 Å². The van der Waals surface area contributed by atoms with E-state index in [4.69, 9.17) is 0 Å². The van der Waals surface area contributed by atoms with Gasteiger partial charge in [0, 0.05) is 0 Å². The Morgan fingerprint density at radius 2 is 1.92 bits per heavy atom. The summed E-state index contributed by atoms with van der Waals surface area (Å²) in [5.41, 5.74) is 0. The fourth-order valence-electron chi connectivity index (χ4n) is 1.22. The van der Waals surface area contributed by atoms with Gasteiger partial charge in [0.05, 0.1) is 0 Å². The third-order valence-corrected chi connectivity index (χ3v) is 3.13. The van der Waals surface area contributed by atoms with Crippen molar-refractivity contribution in [3.63, 3.8) is 0 Å². The molecule has 0 aromatic heterocycles. The minimum atomic E-state index is 0.892. The van der Waals surface area contributed by atoms with Crippen molar-refractivity contribution in [1.29, 1.82) is 0 Å². The van der Waals surface area contributed by atoms with E-state index in [0.717, 1.165) is 5.92 Å². The first kappa shape index (κ1) is 13.3. The summed E-state index contributed by atoms with van der Waals surface area (Å²) in [7, 11) is 0. The van der Waals surface area contributed by atoms with Crippen molar-refractivity contribution in [2.45, 2.75) is 40.0 Å². The van der Waals surface area contributed by atoms with Crippen molar-refractivity contribution in [3.05, 3.63) is 0 Å². The predicted molar refractivity (Wildman–Crippen MR) is 64.6 cm³/mol. The zero-order chi connectivity index (χ0) is 9.94. The summed E-state index contributed by atoms with van der Waals surface area (Å²) in [5, 5.41) is 3.45. The summed E-state index contributed by atoms with van der Waals surface area (Å²) < 4.78 is 0. The van der Waals surface area contributed by atoms with E-state index in [-0.39, 0.29) is 0 Å². The van der Waals surface area contributed by atoms with E-state index >= 15 is 0 Å². The van der Waals surface area contributed by atoms with Gasteiger partial charge in [0.25, 0.3) is 0 Å². The maximum absolute atomic E-state index is 3.45. The molecule has 0 aliphatic heterocycles. The molecular formula is C11H25NS. The molecule has 1 nitrogen and oxygen atoms in total. The molecule has 0 aromatic rings. The first-order chi connectivity index (χ1) is 6.31. The van der Waals surface area contributed by atoms with E-state index in [0.29, 0.717) is 0 Å². The van der Waals surface area contributed by atoms with Crippen molar-refractivity contribution < 1.29 is 0 Å². The first-order valence-electron chi connectivity index (χ1n) is 5.59. The van der Waals surface area contributed by atoms with Gasteiger partial charge in [-0.15, -0.1) is 0 Å². The molecule has 0 heterocycles. The number of hydrogen-bond acceptors (Lipinski definition) is 2. The Morgan fingerprint density at radius 1 is 1.15 bits per heavy atom. The Labute approximate surface area is 88.1 Å². The van der Waals surface area contributed by atoms with Gasteiger partial charge in [0.15, 0.2) is 0 Å². The van der Waals surface area contributed by atoms with Gasteiger partial charge in [-0.05, 0) is 49.8 Å². The molecule has 0 amide bonds. The molecular weight excluding hydrogens is 178 g/mol. The molecule has 0 aromatic carbocycles. The second kappa shape index (κ2) is 10.4. The van der Waals surface area contributed by atoms with Crippen LogP contribution in [0.4, 0.5) is 0 Å². The summed E-state index contributed by atoms with van der Waals surface area (Å²) in [5.74, 6) is 3.50. The Kier molecular flexibility index (Phi) is 10.6. The fraction of sp³-hybridized carbons (Fsp3) is 1.00. The zero-order valence-electron chi connectivity index (χ0n) is 9.44. The predicted octanol–water partition coefficient (Wildman–Crippen LogP) is 3.16. The van der Waals surface area contributed by atoms with Gasteiger partial charge in [-0.3, -0.25) is 0 Å². The van der Waals surface area contributed by atoms with Crippen LogP contribution in [-0.2, 0) is 0 Å². The van der Waals surface area contributed by atoms with Crippen LogP contribution in [-0.4, -0.2) is 24.6 Å². The van der Waals surface area contributed by atoms with Gasteiger partial charge in [0.2, 0.25) is 0 Å². The highest BCUT2D eigenvalue weighted by molar-refractivity contribution is 7.99. The van der Waals surface area contributed by atoms with Crippen molar-refractivity contribution in [2.24, 2.45) is 5.92 Å². The van der Waals surface area contributed by atoms with Crippen molar-refractivity contribution in [2.75, 3.05) is 24.6 Å². The number of nitrogens with one attached hydrogen (secondary N) is 1. The van der Waals surface area contributed by atoms with Crippen LogP contribution in [0.15, 0.2) is 0 Å². The van der Waals surface area contributed by atoms with E-state index < -0.39 is 0 Å². The van der Waals surface area contributed by atoms with Crippen LogP contribution in [0.3, 0.4) is 0 Å². The molecule has 0 saturated carbocycles. The average molecular weight is 203 g/mol. The van der Waals surface area contributed by atoms with Crippen LogP contribution in [0.1, 0.15) is 40.0 Å². The highest BCUT2D eigenvalue weighted by Crippen LogP contribution is 2.11. The second-order valence-corrected chi connectivity index (χ2v) is 5.02. The fourth-order valence-corrected chi connectivity index (χ4v) is 2.08. The Morgan fingerprint density at radius 3 is 2.54 bits per heavy atom.